The molecule has 0 saturated heterocycles. The van der Waals surface area contributed by atoms with Crippen LogP contribution in [0, 0.1) is 0 Å². The maximum Gasteiger partial charge on any atom is 0.349 e. The van der Waals surface area contributed by atoms with Crippen molar-refractivity contribution in [2.45, 2.75) is 6.92 Å². The zero-order chi connectivity index (χ0) is 10.4. The Kier molecular flexibility index (Phi) is 4.62. The minimum atomic E-state index is -0.324. The first-order valence-corrected chi connectivity index (χ1v) is 5.48. The fourth-order valence-corrected chi connectivity index (χ4v) is 1.64. The Bertz CT molecular complexity index is 335. The summed E-state index contributed by atoms with van der Waals surface area (Å²) in [4.78, 5) is 15.8. The van der Waals surface area contributed by atoms with Gasteiger partial charge in [0.2, 0.25) is 0 Å². The molecule has 3 nitrogen and oxygen atoms in total. The molecule has 0 aliphatic heterocycles. The van der Waals surface area contributed by atoms with Crippen LogP contribution in [0.2, 0.25) is 0 Å². The number of hydrogen-bond donors (Lipinski definition) is 0. The lowest BCUT2D eigenvalue weighted by molar-refractivity contribution is 0.0532. The SMILES string of the molecule is CCOC(=O)c1cnc(C=CCCl)s1. The average Bonchev–Trinajstić information content (AvgIpc) is 2.63. The van der Waals surface area contributed by atoms with Crippen molar-refractivity contribution in [2.24, 2.45) is 0 Å². The van der Waals surface area contributed by atoms with Gasteiger partial charge >= 0.3 is 5.97 Å². The number of hydrogen-bond acceptors (Lipinski definition) is 4. The normalized spacial score (nSPS) is 10.7. The van der Waals surface area contributed by atoms with Crippen LogP contribution < -0.4 is 0 Å². The fourth-order valence-electron chi connectivity index (χ4n) is 0.807. The average molecular weight is 232 g/mol. The van der Waals surface area contributed by atoms with Crippen molar-refractivity contribution in [3.05, 3.63) is 22.2 Å². The summed E-state index contributed by atoms with van der Waals surface area (Å²) in [6.07, 6.45) is 5.06. The third kappa shape index (κ3) is 3.12. The van der Waals surface area contributed by atoms with E-state index in [4.69, 9.17) is 16.3 Å². The zero-order valence-corrected chi connectivity index (χ0v) is 9.27. The van der Waals surface area contributed by atoms with Crippen molar-refractivity contribution in [3.8, 4) is 0 Å². The van der Waals surface area contributed by atoms with E-state index in [2.05, 4.69) is 4.98 Å². The number of aromatic nitrogens is 1. The molecule has 0 spiro atoms. The highest BCUT2D eigenvalue weighted by atomic mass is 35.5. The molecule has 0 saturated carbocycles. The van der Waals surface area contributed by atoms with Crippen molar-refractivity contribution < 1.29 is 9.53 Å². The summed E-state index contributed by atoms with van der Waals surface area (Å²) in [5.41, 5.74) is 0. The Hall–Kier alpha value is -0.870. The van der Waals surface area contributed by atoms with Crippen molar-refractivity contribution in [1.29, 1.82) is 0 Å². The first-order chi connectivity index (χ1) is 6.77. The Morgan fingerprint density at radius 1 is 1.79 bits per heavy atom. The predicted molar refractivity (Wildman–Crippen MR) is 57.8 cm³/mol. The molecule has 0 radical (unpaired) electrons. The lowest BCUT2D eigenvalue weighted by Crippen LogP contribution is -2.01. The second-order valence-electron chi connectivity index (χ2n) is 2.34. The number of carbonyl (C=O) groups excluding carboxylic acids is 1. The molecule has 76 valence electrons. The highest BCUT2D eigenvalue weighted by Gasteiger charge is 2.09. The van der Waals surface area contributed by atoms with E-state index in [1.807, 2.05) is 0 Å². The van der Waals surface area contributed by atoms with Crippen LogP contribution in [0.4, 0.5) is 0 Å². The summed E-state index contributed by atoms with van der Waals surface area (Å²) in [7, 11) is 0. The van der Waals surface area contributed by atoms with Crippen LogP contribution in [-0.4, -0.2) is 23.4 Å². The topological polar surface area (TPSA) is 39.2 Å². The van der Waals surface area contributed by atoms with Gasteiger partial charge in [0.1, 0.15) is 9.88 Å². The Morgan fingerprint density at radius 3 is 3.21 bits per heavy atom. The molecule has 5 heteroatoms. The largest absolute Gasteiger partial charge is 0.462 e. The first-order valence-electron chi connectivity index (χ1n) is 4.13. The van der Waals surface area contributed by atoms with Crippen molar-refractivity contribution in [3.63, 3.8) is 0 Å². The van der Waals surface area contributed by atoms with Gasteiger partial charge in [0, 0.05) is 5.88 Å². The number of nitrogens with zero attached hydrogens (tertiary/aromatic N) is 1. The van der Waals surface area contributed by atoms with Gasteiger partial charge in [-0.2, -0.15) is 0 Å². The molecule has 1 heterocycles. The summed E-state index contributed by atoms with van der Waals surface area (Å²) in [5, 5.41) is 0.758. The van der Waals surface area contributed by atoms with Gasteiger partial charge in [-0.3, -0.25) is 0 Å². The molecule has 0 unspecified atom stereocenters. The summed E-state index contributed by atoms with van der Waals surface area (Å²) in [6.45, 7) is 2.15. The van der Waals surface area contributed by atoms with Crippen LogP contribution in [0.25, 0.3) is 6.08 Å². The molecule has 14 heavy (non-hydrogen) atoms. The molecule has 1 rings (SSSR count). The second kappa shape index (κ2) is 5.78. The monoisotopic (exact) mass is 231 g/mol. The number of esters is 1. The van der Waals surface area contributed by atoms with Gasteiger partial charge in [0.15, 0.2) is 0 Å². The predicted octanol–water partition coefficient (Wildman–Crippen LogP) is 2.57. The van der Waals surface area contributed by atoms with Crippen LogP contribution in [0.1, 0.15) is 21.6 Å². The van der Waals surface area contributed by atoms with Crippen molar-refractivity contribution in [2.75, 3.05) is 12.5 Å². The number of rotatable bonds is 4. The van der Waals surface area contributed by atoms with Crippen LogP contribution in [-0.2, 0) is 4.74 Å². The number of alkyl halides is 1. The van der Waals surface area contributed by atoms with E-state index in [9.17, 15) is 4.79 Å². The molecule has 0 N–H and O–H groups in total. The third-order valence-corrected chi connectivity index (χ3v) is 2.47. The highest BCUT2D eigenvalue weighted by Crippen LogP contribution is 2.15. The van der Waals surface area contributed by atoms with E-state index in [0.29, 0.717) is 17.4 Å². The molecule has 0 aliphatic carbocycles. The minimum absolute atomic E-state index is 0.324. The van der Waals surface area contributed by atoms with Gasteiger partial charge in [0.25, 0.3) is 0 Å². The van der Waals surface area contributed by atoms with E-state index < -0.39 is 0 Å². The number of thiazole rings is 1. The summed E-state index contributed by atoms with van der Waals surface area (Å²) in [5.74, 6) is 0.115. The number of halogens is 1. The highest BCUT2D eigenvalue weighted by molar-refractivity contribution is 7.14. The van der Waals surface area contributed by atoms with Gasteiger partial charge in [-0.25, -0.2) is 9.78 Å². The molecule has 0 amide bonds. The molecular weight excluding hydrogens is 222 g/mol. The summed E-state index contributed by atoms with van der Waals surface area (Å²) >= 11 is 6.76. The third-order valence-electron chi connectivity index (χ3n) is 1.35. The quantitative estimate of drug-likeness (QED) is 0.591. The molecule has 0 atom stereocenters. The molecule has 0 aromatic carbocycles. The minimum Gasteiger partial charge on any atom is -0.462 e. The summed E-state index contributed by atoms with van der Waals surface area (Å²) < 4.78 is 4.83. The van der Waals surface area contributed by atoms with Crippen LogP contribution in [0.3, 0.4) is 0 Å². The van der Waals surface area contributed by atoms with Crippen LogP contribution in [0.15, 0.2) is 12.3 Å². The van der Waals surface area contributed by atoms with Gasteiger partial charge in [-0.15, -0.1) is 22.9 Å². The molecule has 0 fully saturated rings. The van der Waals surface area contributed by atoms with E-state index in [0.717, 1.165) is 5.01 Å². The lowest BCUT2D eigenvalue weighted by Gasteiger charge is -1.95. The number of carbonyl (C=O) groups is 1. The molecule has 1 aromatic rings. The van der Waals surface area contributed by atoms with Crippen molar-refractivity contribution in [1.82, 2.24) is 4.98 Å². The smallest absolute Gasteiger partial charge is 0.349 e. The molecule has 0 aliphatic rings. The molecular formula is C9H10ClNO2S. The van der Waals surface area contributed by atoms with Gasteiger partial charge in [0.05, 0.1) is 12.8 Å². The van der Waals surface area contributed by atoms with Crippen LogP contribution >= 0.6 is 22.9 Å². The van der Waals surface area contributed by atoms with E-state index >= 15 is 0 Å². The number of allylic oxidation sites excluding steroid dienone is 1. The summed E-state index contributed by atoms with van der Waals surface area (Å²) in [6, 6.07) is 0. The Morgan fingerprint density at radius 2 is 2.57 bits per heavy atom. The maximum atomic E-state index is 11.2. The molecule has 1 aromatic heterocycles. The fraction of sp³-hybridized carbons (Fsp3) is 0.333. The maximum absolute atomic E-state index is 11.2. The number of ether oxygens (including phenoxy) is 1. The van der Waals surface area contributed by atoms with E-state index in [1.165, 1.54) is 17.5 Å². The first kappa shape index (κ1) is 11.2. The van der Waals surface area contributed by atoms with Crippen LogP contribution in [0.5, 0.6) is 0 Å². The van der Waals surface area contributed by atoms with Crippen molar-refractivity contribution >= 4 is 35.0 Å². The van der Waals surface area contributed by atoms with E-state index in [1.54, 1.807) is 19.1 Å². The van der Waals surface area contributed by atoms with E-state index in [-0.39, 0.29) is 5.97 Å². The van der Waals surface area contributed by atoms with Gasteiger partial charge < -0.3 is 4.74 Å². The lowest BCUT2D eigenvalue weighted by atomic mass is 10.5. The van der Waals surface area contributed by atoms with Gasteiger partial charge in [-0.05, 0) is 13.0 Å². The van der Waals surface area contributed by atoms with Gasteiger partial charge in [-0.1, -0.05) is 6.08 Å². The zero-order valence-electron chi connectivity index (χ0n) is 7.70. The standard InChI is InChI=1S/C9H10ClNO2S/c1-2-13-9(12)7-6-11-8(14-7)4-3-5-10/h3-4,6H,2,5H2,1H3. The Balaban J connectivity index is 2.67. The Labute approximate surface area is 91.4 Å². The molecule has 0 bridgehead atoms. The second-order valence-corrected chi connectivity index (χ2v) is 3.71.